The summed E-state index contributed by atoms with van der Waals surface area (Å²) in [4.78, 5) is 12.1. The number of Topliss-reactive ketones (excluding diaryl/α,β-unsaturated/α-hetero) is 1. The highest BCUT2D eigenvalue weighted by Gasteiger charge is 2.14. The van der Waals surface area contributed by atoms with E-state index >= 15 is 0 Å². The fourth-order valence-electron chi connectivity index (χ4n) is 2.05. The summed E-state index contributed by atoms with van der Waals surface area (Å²) in [5.74, 6) is 0.148. The lowest BCUT2D eigenvalue weighted by Crippen LogP contribution is -2.10. The number of hydrogen-bond donors (Lipinski definition) is 1. The molecule has 0 saturated heterocycles. The molecule has 0 bridgehead atoms. The number of aryl methyl sites for hydroxylation is 2. The Morgan fingerprint density at radius 3 is 2.74 bits per heavy atom. The summed E-state index contributed by atoms with van der Waals surface area (Å²) in [6, 6.07) is 7.43. The minimum absolute atomic E-state index is 0.148. The van der Waals surface area contributed by atoms with Gasteiger partial charge in [0.2, 0.25) is 0 Å². The van der Waals surface area contributed by atoms with E-state index in [0.717, 1.165) is 21.4 Å². The number of nitrogens with two attached hydrogens (primary N) is 1. The van der Waals surface area contributed by atoms with E-state index in [1.807, 2.05) is 38.2 Å². The van der Waals surface area contributed by atoms with Crippen LogP contribution in [0.15, 0.2) is 28.7 Å². The van der Waals surface area contributed by atoms with Crippen molar-refractivity contribution in [1.29, 1.82) is 0 Å². The Kier molecular flexibility index (Phi) is 4.04. The molecule has 19 heavy (non-hydrogen) atoms. The van der Waals surface area contributed by atoms with E-state index in [0.29, 0.717) is 18.5 Å². The Hall–Kier alpha value is -1.62. The predicted octanol–water partition coefficient (Wildman–Crippen LogP) is 2.43. The van der Waals surface area contributed by atoms with Gasteiger partial charge in [-0.25, -0.2) is 0 Å². The largest absolute Gasteiger partial charge is 0.399 e. The Morgan fingerprint density at radius 2 is 2.16 bits per heavy atom. The molecule has 0 unspecified atom stereocenters. The zero-order valence-electron chi connectivity index (χ0n) is 11.0. The van der Waals surface area contributed by atoms with Gasteiger partial charge in [0.1, 0.15) is 5.78 Å². The minimum atomic E-state index is 0.148. The number of carbonyl (C=O) groups excluding carboxylic acids is 1. The highest BCUT2D eigenvalue weighted by molar-refractivity contribution is 9.10. The number of hydrogen-bond acceptors (Lipinski definition) is 3. The van der Waals surface area contributed by atoms with Crippen LogP contribution in [-0.2, 0) is 24.7 Å². The second-order valence-corrected chi connectivity index (χ2v) is 5.40. The molecule has 0 amide bonds. The average Bonchev–Trinajstić information content (AvgIpc) is 2.56. The van der Waals surface area contributed by atoms with Gasteiger partial charge in [-0.3, -0.25) is 9.48 Å². The normalized spacial score (nSPS) is 10.7. The lowest BCUT2D eigenvalue weighted by molar-refractivity contribution is -0.117. The molecule has 4 nitrogen and oxygen atoms in total. The van der Waals surface area contributed by atoms with E-state index in [1.54, 1.807) is 4.68 Å². The smallest absolute Gasteiger partial charge is 0.143 e. The number of anilines is 1. The number of nitrogens with zero attached hydrogens (tertiary/aromatic N) is 2. The predicted molar refractivity (Wildman–Crippen MR) is 78.9 cm³/mol. The molecule has 0 atom stereocenters. The third-order valence-electron chi connectivity index (χ3n) is 2.98. The molecule has 2 aromatic rings. The molecule has 100 valence electrons. The van der Waals surface area contributed by atoms with Crippen LogP contribution in [0.4, 0.5) is 5.69 Å². The van der Waals surface area contributed by atoms with Gasteiger partial charge in [-0.2, -0.15) is 5.10 Å². The highest BCUT2D eigenvalue weighted by Crippen LogP contribution is 2.21. The summed E-state index contributed by atoms with van der Waals surface area (Å²) < 4.78 is 2.66. The molecule has 0 aliphatic rings. The summed E-state index contributed by atoms with van der Waals surface area (Å²) in [5, 5.41) is 4.28. The summed E-state index contributed by atoms with van der Waals surface area (Å²) in [7, 11) is 1.85. The van der Waals surface area contributed by atoms with Crippen molar-refractivity contribution in [2.75, 3.05) is 5.73 Å². The summed E-state index contributed by atoms with van der Waals surface area (Å²) in [6.45, 7) is 1.91. The molecular weight excluding hydrogens is 306 g/mol. The van der Waals surface area contributed by atoms with Gasteiger partial charge in [0.05, 0.1) is 15.9 Å². The van der Waals surface area contributed by atoms with Gasteiger partial charge in [-0.15, -0.1) is 0 Å². The van der Waals surface area contributed by atoms with Crippen LogP contribution in [0.25, 0.3) is 0 Å². The van der Waals surface area contributed by atoms with Crippen molar-refractivity contribution in [1.82, 2.24) is 9.78 Å². The van der Waals surface area contributed by atoms with Gasteiger partial charge in [0.15, 0.2) is 0 Å². The summed E-state index contributed by atoms with van der Waals surface area (Å²) in [5.41, 5.74) is 9.14. The maximum absolute atomic E-state index is 12.1. The van der Waals surface area contributed by atoms with Crippen molar-refractivity contribution in [2.45, 2.75) is 19.8 Å². The van der Waals surface area contributed by atoms with Crippen LogP contribution in [0.2, 0.25) is 0 Å². The van der Waals surface area contributed by atoms with Gasteiger partial charge in [0, 0.05) is 25.6 Å². The summed E-state index contributed by atoms with van der Waals surface area (Å²) >= 11 is 3.47. The van der Waals surface area contributed by atoms with Crippen LogP contribution in [0, 0.1) is 6.92 Å². The van der Waals surface area contributed by atoms with E-state index in [-0.39, 0.29) is 5.78 Å². The third kappa shape index (κ3) is 3.23. The number of benzene rings is 1. The van der Waals surface area contributed by atoms with Crippen molar-refractivity contribution in [3.8, 4) is 0 Å². The Balaban J connectivity index is 2.09. The SMILES string of the molecule is Cc1nn(C)c(CC(=O)Cc2cccc(N)c2)c1Br. The minimum Gasteiger partial charge on any atom is -0.399 e. The fraction of sp³-hybridized carbons (Fsp3) is 0.286. The van der Waals surface area contributed by atoms with Crippen LogP contribution in [0.5, 0.6) is 0 Å². The standard InChI is InChI=1S/C14H16BrN3O/c1-9-14(15)13(18(2)17-9)8-12(19)7-10-4-3-5-11(16)6-10/h3-6H,7-8,16H2,1-2H3. The van der Waals surface area contributed by atoms with E-state index in [4.69, 9.17) is 5.73 Å². The van der Waals surface area contributed by atoms with E-state index in [2.05, 4.69) is 21.0 Å². The molecule has 0 aliphatic carbocycles. The molecule has 1 aromatic carbocycles. The molecule has 0 radical (unpaired) electrons. The van der Waals surface area contributed by atoms with E-state index in [1.165, 1.54) is 0 Å². The van der Waals surface area contributed by atoms with E-state index in [9.17, 15) is 4.79 Å². The topological polar surface area (TPSA) is 60.9 Å². The second-order valence-electron chi connectivity index (χ2n) is 4.61. The van der Waals surface area contributed by atoms with Crippen LogP contribution >= 0.6 is 15.9 Å². The van der Waals surface area contributed by atoms with Gasteiger partial charge < -0.3 is 5.73 Å². The lowest BCUT2D eigenvalue weighted by Gasteiger charge is -2.04. The molecule has 2 rings (SSSR count). The van der Waals surface area contributed by atoms with Crippen LogP contribution in [-0.4, -0.2) is 15.6 Å². The zero-order chi connectivity index (χ0) is 14.0. The number of rotatable bonds is 4. The van der Waals surface area contributed by atoms with Crippen molar-refractivity contribution < 1.29 is 4.79 Å². The first kappa shape index (κ1) is 13.8. The molecule has 1 aromatic heterocycles. The van der Waals surface area contributed by atoms with Gasteiger partial charge in [-0.05, 0) is 40.5 Å². The number of nitrogen functional groups attached to an aromatic ring is 1. The fourth-order valence-corrected chi connectivity index (χ4v) is 2.53. The maximum Gasteiger partial charge on any atom is 0.143 e. The van der Waals surface area contributed by atoms with E-state index < -0.39 is 0 Å². The highest BCUT2D eigenvalue weighted by atomic mass is 79.9. The third-order valence-corrected chi connectivity index (χ3v) is 4.01. The molecule has 0 saturated carbocycles. The van der Waals surface area contributed by atoms with Gasteiger partial charge >= 0.3 is 0 Å². The molecular formula is C14H16BrN3O. The number of aromatic nitrogens is 2. The van der Waals surface area contributed by atoms with Crippen molar-refractivity contribution in [3.63, 3.8) is 0 Å². The Bertz CT molecular complexity index is 619. The van der Waals surface area contributed by atoms with Gasteiger partial charge in [-0.1, -0.05) is 12.1 Å². The second kappa shape index (κ2) is 5.57. The number of halogens is 1. The first-order chi connectivity index (χ1) is 8.97. The molecule has 2 N–H and O–H groups in total. The average molecular weight is 322 g/mol. The number of carbonyl (C=O) groups is 1. The van der Waals surface area contributed by atoms with Crippen molar-refractivity contribution >= 4 is 27.4 Å². The number of ketones is 1. The lowest BCUT2D eigenvalue weighted by atomic mass is 10.1. The molecule has 5 heteroatoms. The molecule has 0 spiro atoms. The first-order valence-corrected chi connectivity index (χ1v) is 6.80. The monoisotopic (exact) mass is 321 g/mol. The quantitative estimate of drug-likeness (QED) is 0.880. The van der Waals surface area contributed by atoms with Crippen LogP contribution < -0.4 is 5.73 Å². The Labute approximate surface area is 120 Å². The maximum atomic E-state index is 12.1. The molecule has 1 heterocycles. The molecule has 0 aliphatic heterocycles. The van der Waals surface area contributed by atoms with Crippen LogP contribution in [0.3, 0.4) is 0 Å². The zero-order valence-corrected chi connectivity index (χ0v) is 12.6. The van der Waals surface area contributed by atoms with Gasteiger partial charge in [0.25, 0.3) is 0 Å². The first-order valence-electron chi connectivity index (χ1n) is 6.01. The van der Waals surface area contributed by atoms with Crippen LogP contribution in [0.1, 0.15) is 17.0 Å². The molecule has 0 fully saturated rings. The van der Waals surface area contributed by atoms with Crippen molar-refractivity contribution in [3.05, 3.63) is 45.7 Å². The summed E-state index contributed by atoms with van der Waals surface area (Å²) in [6.07, 6.45) is 0.758. The Morgan fingerprint density at radius 1 is 1.42 bits per heavy atom. The van der Waals surface area contributed by atoms with Crippen molar-refractivity contribution in [2.24, 2.45) is 7.05 Å².